The van der Waals surface area contributed by atoms with Crippen LogP contribution >= 0.6 is 11.6 Å². The maximum atomic E-state index is 12.0. The first-order chi connectivity index (χ1) is 9.43. The number of Topliss-reactive ketones (excluding diaryl/α,β-unsaturated/α-hetero) is 1. The molecule has 1 aromatic rings. The van der Waals surface area contributed by atoms with Crippen molar-refractivity contribution in [3.8, 4) is 0 Å². The van der Waals surface area contributed by atoms with Gasteiger partial charge in [0.05, 0.1) is 7.11 Å². The standard InChI is InChI=1S/C14H16ClNO4/c1-9(17)3-8-12(14(19)20-2)16-13(18)10-4-6-11(15)7-5-10/h4-7,12H,3,8H2,1-2H3,(H,16,18)/t12-/m1/s1. The summed E-state index contributed by atoms with van der Waals surface area (Å²) >= 11 is 5.74. The highest BCUT2D eigenvalue weighted by atomic mass is 35.5. The zero-order valence-corrected chi connectivity index (χ0v) is 12.1. The summed E-state index contributed by atoms with van der Waals surface area (Å²) in [6.07, 6.45) is 0.405. The maximum absolute atomic E-state index is 12.0. The molecule has 0 saturated carbocycles. The Morgan fingerprint density at radius 3 is 2.35 bits per heavy atom. The summed E-state index contributed by atoms with van der Waals surface area (Å²) in [4.78, 5) is 34.5. The van der Waals surface area contributed by atoms with Gasteiger partial charge in [-0.25, -0.2) is 4.79 Å². The number of hydrogen-bond acceptors (Lipinski definition) is 4. The van der Waals surface area contributed by atoms with E-state index in [1.807, 2.05) is 0 Å². The Balaban J connectivity index is 2.72. The van der Waals surface area contributed by atoms with E-state index < -0.39 is 17.9 Å². The number of methoxy groups -OCH3 is 1. The normalized spacial score (nSPS) is 11.6. The third kappa shape index (κ3) is 5.01. The molecule has 0 fully saturated rings. The molecule has 0 saturated heterocycles. The number of halogens is 1. The SMILES string of the molecule is COC(=O)[C@@H](CCC(C)=O)NC(=O)c1ccc(Cl)cc1. The van der Waals surface area contributed by atoms with Gasteiger partial charge in [0.2, 0.25) is 0 Å². The van der Waals surface area contributed by atoms with Crippen molar-refractivity contribution < 1.29 is 19.1 Å². The predicted molar refractivity (Wildman–Crippen MR) is 74.6 cm³/mol. The minimum Gasteiger partial charge on any atom is -0.467 e. The number of carbonyl (C=O) groups excluding carboxylic acids is 3. The number of carbonyl (C=O) groups is 3. The molecule has 0 radical (unpaired) electrons. The third-order valence-electron chi connectivity index (χ3n) is 2.68. The van der Waals surface area contributed by atoms with Crippen LogP contribution in [0.2, 0.25) is 5.02 Å². The number of esters is 1. The summed E-state index contributed by atoms with van der Waals surface area (Å²) in [5, 5.41) is 3.07. The van der Waals surface area contributed by atoms with E-state index in [9.17, 15) is 14.4 Å². The molecule has 0 aliphatic rings. The van der Waals surface area contributed by atoms with E-state index in [4.69, 9.17) is 11.6 Å². The van der Waals surface area contributed by atoms with Crippen LogP contribution < -0.4 is 5.32 Å². The van der Waals surface area contributed by atoms with Crippen molar-refractivity contribution in [1.29, 1.82) is 0 Å². The lowest BCUT2D eigenvalue weighted by Crippen LogP contribution is -2.41. The molecule has 108 valence electrons. The van der Waals surface area contributed by atoms with E-state index in [2.05, 4.69) is 10.1 Å². The van der Waals surface area contributed by atoms with Crippen molar-refractivity contribution in [1.82, 2.24) is 5.32 Å². The van der Waals surface area contributed by atoms with Gasteiger partial charge in [-0.2, -0.15) is 0 Å². The first-order valence-electron chi connectivity index (χ1n) is 6.07. The van der Waals surface area contributed by atoms with Gasteiger partial charge < -0.3 is 14.8 Å². The first-order valence-corrected chi connectivity index (χ1v) is 6.45. The van der Waals surface area contributed by atoms with Crippen LogP contribution in [-0.2, 0) is 14.3 Å². The second-order valence-electron chi connectivity index (χ2n) is 4.30. The van der Waals surface area contributed by atoms with Crippen LogP contribution in [0, 0.1) is 0 Å². The van der Waals surface area contributed by atoms with Gasteiger partial charge in [0.15, 0.2) is 0 Å². The third-order valence-corrected chi connectivity index (χ3v) is 2.93. The minimum absolute atomic E-state index is 0.0559. The van der Waals surface area contributed by atoms with Crippen molar-refractivity contribution in [2.24, 2.45) is 0 Å². The van der Waals surface area contributed by atoms with E-state index in [0.717, 1.165) is 0 Å². The number of benzene rings is 1. The number of rotatable bonds is 6. The average Bonchev–Trinajstić information content (AvgIpc) is 2.42. The number of hydrogen-bond donors (Lipinski definition) is 1. The summed E-state index contributed by atoms with van der Waals surface area (Å²) in [5.74, 6) is -1.05. The van der Waals surface area contributed by atoms with E-state index in [1.165, 1.54) is 14.0 Å². The zero-order chi connectivity index (χ0) is 15.1. The molecule has 0 aliphatic carbocycles. The van der Waals surface area contributed by atoms with Crippen molar-refractivity contribution >= 4 is 29.3 Å². The van der Waals surface area contributed by atoms with Crippen LogP contribution in [0.5, 0.6) is 0 Å². The van der Waals surface area contributed by atoms with Gasteiger partial charge in [0.25, 0.3) is 5.91 Å². The summed E-state index contributed by atoms with van der Waals surface area (Å²) < 4.78 is 4.61. The van der Waals surface area contributed by atoms with Gasteiger partial charge in [0.1, 0.15) is 11.8 Å². The largest absolute Gasteiger partial charge is 0.467 e. The molecule has 1 rings (SSSR count). The molecule has 0 spiro atoms. The lowest BCUT2D eigenvalue weighted by molar-refractivity contribution is -0.143. The molecule has 0 aliphatic heterocycles. The number of amides is 1. The van der Waals surface area contributed by atoms with Gasteiger partial charge in [-0.1, -0.05) is 11.6 Å². The molecule has 20 heavy (non-hydrogen) atoms. The van der Waals surface area contributed by atoms with Gasteiger partial charge in [-0.3, -0.25) is 4.79 Å². The molecule has 6 heteroatoms. The fourth-order valence-electron chi connectivity index (χ4n) is 1.58. The van der Waals surface area contributed by atoms with Crippen LogP contribution in [0.1, 0.15) is 30.1 Å². The van der Waals surface area contributed by atoms with Crippen LogP contribution in [-0.4, -0.2) is 30.8 Å². The molecule has 5 nitrogen and oxygen atoms in total. The summed E-state index contributed by atoms with van der Waals surface area (Å²) in [6, 6.07) is 5.43. The molecule has 0 heterocycles. The fourth-order valence-corrected chi connectivity index (χ4v) is 1.71. The molecule has 0 unspecified atom stereocenters. The van der Waals surface area contributed by atoms with Crippen LogP contribution in [0.4, 0.5) is 0 Å². The second kappa shape index (κ2) is 7.65. The van der Waals surface area contributed by atoms with E-state index in [1.54, 1.807) is 24.3 Å². The van der Waals surface area contributed by atoms with Crippen molar-refractivity contribution in [3.63, 3.8) is 0 Å². The Kier molecular flexibility index (Phi) is 6.18. The summed E-state index contributed by atoms with van der Waals surface area (Å²) in [5.41, 5.74) is 0.381. The number of ketones is 1. The molecule has 1 aromatic carbocycles. The van der Waals surface area contributed by atoms with E-state index >= 15 is 0 Å². The second-order valence-corrected chi connectivity index (χ2v) is 4.73. The summed E-state index contributed by atoms with van der Waals surface area (Å²) in [7, 11) is 1.23. The lowest BCUT2D eigenvalue weighted by atomic mass is 10.1. The topological polar surface area (TPSA) is 72.5 Å². The zero-order valence-electron chi connectivity index (χ0n) is 11.3. The monoisotopic (exact) mass is 297 g/mol. The highest BCUT2D eigenvalue weighted by Gasteiger charge is 2.22. The number of ether oxygens (including phenoxy) is 1. The quantitative estimate of drug-likeness (QED) is 0.815. The highest BCUT2D eigenvalue weighted by molar-refractivity contribution is 6.30. The van der Waals surface area contributed by atoms with Crippen LogP contribution in [0.3, 0.4) is 0 Å². The highest BCUT2D eigenvalue weighted by Crippen LogP contribution is 2.10. The Labute approximate surface area is 122 Å². The minimum atomic E-state index is -0.841. The fraction of sp³-hybridized carbons (Fsp3) is 0.357. The van der Waals surface area contributed by atoms with Crippen molar-refractivity contribution in [2.75, 3.05) is 7.11 Å². The van der Waals surface area contributed by atoms with Crippen molar-refractivity contribution in [3.05, 3.63) is 34.9 Å². The van der Waals surface area contributed by atoms with E-state index in [-0.39, 0.29) is 18.6 Å². The Morgan fingerprint density at radius 1 is 1.25 bits per heavy atom. The van der Waals surface area contributed by atoms with Crippen molar-refractivity contribution in [2.45, 2.75) is 25.8 Å². The Morgan fingerprint density at radius 2 is 1.85 bits per heavy atom. The van der Waals surface area contributed by atoms with Crippen LogP contribution in [0.25, 0.3) is 0 Å². The van der Waals surface area contributed by atoms with Gasteiger partial charge in [-0.05, 0) is 37.6 Å². The molecular formula is C14H16ClNO4. The van der Waals surface area contributed by atoms with Gasteiger partial charge in [-0.15, -0.1) is 0 Å². The molecular weight excluding hydrogens is 282 g/mol. The molecule has 1 atom stereocenters. The van der Waals surface area contributed by atoms with Gasteiger partial charge >= 0.3 is 5.97 Å². The van der Waals surface area contributed by atoms with Gasteiger partial charge in [0, 0.05) is 17.0 Å². The first kappa shape index (κ1) is 16.2. The number of nitrogens with one attached hydrogen (secondary N) is 1. The smallest absolute Gasteiger partial charge is 0.328 e. The lowest BCUT2D eigenvalue weighted by Gasteiger charge is -2.15. The molecule has 0 aromatic heterocycles. The Hall–Kier alpha value is -1.88. The maximum Gasteiger partial charge on any atom is 0.328 e. The predicted octanol–water partition coefficient (Wildman–Crippen LogP) is 1.98. The summed E-state index contributed by atoms with van der Waals surface area (Å²) in [6.45, 7) is 1.43. The molecule has 1 N–H and O–H groups in total. The van der Waals surface area contributed by atoms with E-state index in [0.29, 0.717) is 10.6 Å². The molecule has 1 amide bonds. The Bertz CT molecular complexity index is 498. The van der Waals surface area contributed by atoms with Crippen LogP contribution in [0.15, 0.2) is 24.3 Å². The molecule has 0 bridgehead atoms. The average molecular weight is 298 g/mol.